The largest absolute Gasteiger partial charge is 0.454 e. The topological polar surface area (TPSA) is 144 Å². The van der Waals surface area contributed by atoms with Crippen molar-refractivity contribution in [2.75, 3.05) is 12.1 Å². The van der Waals surface area contributed by atoms with E-state index in [9.17, 15) is 10.1 Å². The summed E-state index contributed by atoms with van der Waals surface area (Å²) in [6.07, 6.45) is 1.11. The average molecular weight is 315 g/mol. The molecule has 4 rings (SSSR count). The first kappa shape index (κ1) is 13.1. The molecule has 1 aliphatic rings. The second kappa shape index (κ2) is 4.98. The Morgan fingerprint density at radius 3 is 3.00 bits per heavy atom. The van der Waals surface area contributed by atoms with E-state index < -0.39 is 4.92 Å². The number of hydrogen-bond donors (Lipinski definition) is 3. The molecule has 0 amide bonds. The molecule has 11 heteroatoms. The zero-order chi connectivity index (χ0) is 15.8. The molecule has 0 spiro atoms. The smallest absolute Gasteiger partial charge is 0.317 e. The van der Waals surface area contributed by atoms with Gasteiger partial charge in [-0.1, -0.05) is 0 Å². The Morgan fingerprint density at radius 1 is 1.26 bits per heavy atom. The molecule has 1 aromatic carbocycles. The first-order chi connectivity index (χ1) is 11.2. The van der Waals surface area contributed by atoms with Crippen molar-refractivity contribution in [2.24, 2.45) is 0 Å². The number of nitrogens with zero attached hydrogens (tertiary/aromatic N) is 4. The molecule has 0 atom stereocenters. The van der Waals surface area contributed by atoms with Gasteiger partial charge in [0.05, 0.1) is 4.92 Å². The SMILES string of the molecule is O=[N+]([O-])c1cn[nH]c1-c1nc(Nc2ccc3c(c2)OCO3)n[nH]1. The number of aromatic nitrogens is 5. The number of nitrogens with one attached hydrogen (secondary N) is 3. The molecule has 1 aliphatic heterocycles. The van der Waals surface area contributed by atoms with Gasteiger partial charge in [0, 0.05) is 11.8 Å². The van der Waals surface area contributed by atoms with Crippen LogP contribution >= 0.6 is 0 Å². The summed E-state index contributed by atoms with van der Waals surface area (Å²) in [6.45, 7) is 0.188. The summed E-state index contributed by atoms with van der Waals surface area (Å²) in [7, 11) is 0. The van der Waals surface area contributed by atoms with Crippen molar-refractivity contribution in [1.82, 2.24) is 25.4 Å². The van der Waals surface area contributed by atoms with Crippen LogP contribution in [0.5, 0.6) is 11.5 Å². The Hall–Kier alpha value is -3.63. The molecule has 0 aliphatic carbocycles. The Morgan fingerprint density at radius 2 is 2.13 bits per heavy atom. The number of anilines is 2. The minimum absolute atomic E-state index is 0.154. The van der Waals surface area contributed by atoms with Gasteiger partial charge in [-0.3, -0.25) is 20.3 Å². The van der Waals surface area contributed by atoms with Crippen LogP contribution in [-0.2, 0) is 0 Å². The fraction of sp³-hybridized carbons (Fsp3) is 0.0833. The lowest BCUT2D eigenvalue weighted by molar-refractivity contribution is -0.384. The van der Waals surface area contributed by atoms with Gasteiger partial charge in [-0.25, -0.2) is 0 Å². The maximum Gasteiger partial charge on any atom is 0.317 e. The fourth-order valence-corrected chi connectivity index (χ4v) is 2.13. The molecule has 0 radical (unpaired) electrons. The normalized spacial score (nSPS) is 12.3. The van der Waals surface area contributed by atoms with Gasteiger partial charge in [-0.05, 0) is 12.1 Å². The zero-order valence-corrected chi connectivity index (χ0v) is 11.4. The van der Waals surface area contributed by atoms with Gasteiger partial charge in [0.1, 0.15) is 6.20 Å². The molecule has 0 bridgehead atoms. The van der Waals surface area contributed by atoms with E-state index in [-0.39, 0.29) is 29.9 Å². The average Bonchev–Trinajstić information content (AvgIpc) is 3.26. The van der Waals surface area contributed by atoms with Crippen LogP contribution in [0.4, 0.5) is 17.3 Å². The summed E-state index contributed by atoms with van der Waals surface area (Å²) in [5, 5.41) is 26.6. The monoisotopic (exact) mass is 315 g/mol. The van der Waals surface area contributed by atoms with E-state index in [1.165, 1.54) is 0 Å². The molecule has 3 N–H and O–H groups in total. The number of hydrogen-bond acceptors (Lipinski definition) is 8. The van der Waals surface area contributed by atoms with E-state index in [4.69, 9.17) is 9.47 Å². The van der Waals surface area contributed by atoms with Crippen LogP contribution in [0, 0.1) is 10.1 Å². The summed E-state index contributed by atoms with van der Waals surface area (Å²) in [5.74, 6) is 1.74. The van der Waals surface area contributed by atoms with Crippen molar-refractivity contribution in [3.63, 3.8) is 0 Å². The number of nitro groups is 1. The number of ether oxygens (including phenoxy) is 2. The number of fused-ring (bicyclic) bond motifs is 1. The molecule has 23 heavy (non-hydrogen) atoms. The van der Waals surface area contributed by atoms with E-state index in [0.717, 1.165) is 6.20 Å². The van der Waals surface area contributed by atoms with Crippen LogP contribution in [0.1, 0.15) is 0 Å². The lowest BCUT2D eigenvalue weighted by Crippen LogP contribution is -1.93. The van der Waals surface area contributed by atoms with E-state index in [0.29, 0.717) is 17.2 Å². The van der Waals surface area contributed by atoms with Crippen molar-refractivity contribution in [1.29, 1.82) is 0 Å². The molecule has 0 fully saturated rings. The maximum absolute atomic E-state index is 10.9. The molecular formula is C12H9N7O4. The van der Waals surface area contributed by atoms with Crippen molar-refractivity contribution >= 4 is 17.3 Å². The van der Waals surface area contributed by atoms with Crippen LogP contribution in [-0.4, -0.2) is 37.1 Å². The Bertz CT molecular complexity index is 887. The number of aromatic amines is 2. The zero-order valence-electron chi connectivity index (χ0n) is 11.4. The van der Waals surface area contributed by atoms with Gasteiger partial charge >= 0.3 is 5.69 Å². The lowest BCUT2D eigenvalue weighted by Gasteiger charge is -2.02. The highest BCUT2D eigenvalue weighted by molar-refractivity contribution is 5.65. The first-order valence-electron chi connectivity index (χ1n) is 6.48. The minimum atomic E-state index is -0.549. The number of rotatable bonds is 4. The predicted octanol–water partition coefficient (Wildman–Crippen LogP) is 1.58. The second-order valence-electron chi connectivity index (χ2n) is 4.59. The molecule has 11 nitrogen and oxygen atoms in total. The van der Waals surface area contributed by atoms with Gasteiger partial charge < -0.3 is 14.8 Å². The van der Waals surface area contributed by atoms with E-state index in [1.54, 1.807) is 18.2 Å². The molecule has 2 aromatic heterocycles. The summed E-state index contributed by atoms with van der Waals surface area (Å²) in [5.41, 5.74) is 0.663. The highest BCUT2D eigenvalue weighted by atomic mass is 16.7. The van der Waals surface area contributed by atoms with Crippen LogP contribution in [0.15, 0.2) is 24.4 Å². The number of H-pyrrole nitrogens is 2. The Balaban J connectivity index is 1.59. The molecule has 3 aromatic rings. The predicted molar refractivity (Wildman–Crippen MR) is 76.5 cm³/mol. The summed E-state index contributed by atoms with van der Waals surface area (Å²) >= 11 is 0. The molecule has 0 saturated heterocycles. The van der Waals surface area contributed by atoms with Crippen LogP contribution in [0.2, 0.25) is 0 Å². The van der Waals surface area contributed by atoms with E-state index in [1.807, 2.05) is 0 Å². The first-order valence-corrected chi connectivity index (χ1v) is 6.48. The molecule has 3 heterocycles. The van der Waals surface area contributed by atoms with Crippen molar-refractivity contribution in [3.8, 4) is 23.0 Å². The highest BCUT2D eigenvalue weighted by Gasteiger charge is 2.21. The number of benzene rings is 1. The van der Waals surface area contributed by atoms with Crippen LogP contribution < -0.4 is 14.8 Å². The standard InChI is InChI=1S/C12H9N7O4/c20-19(21)7-4-13-16-10(7)11-15-12(18-17-11)14-6-1-2-8-9(3-6)23-5-22-8/h1-4H,5H2,(H,13,16)(H2,14,15,17,18). The van der Waals surface area contributed by atoms with Crippen LogP contribution in [0.3, 0.4) is 0 Å². The Labute approximate surface area is 127 Å². The van der Waals surface area contributed by atoms with Gasteiger partial charge in [0.2, 0.25) is 12.7 Å². The molecular weight excluding hydrogens is 306 g/mol. The minimum Gasteiger partial charge on any atom is -0.454 e. The van der Waals surface area contributed by atoms with Gasteiger partial charge in [0.25, 0.3) is 0 Å². The van der Waals surface area contributed by atoms with Gasteiger partial charge in [-0.2, -0.15) is 10.1 Å². The molecule has 0 unspecified atom stereocenters. The lowest BCUT2D eigenvalue weighted by atomic mass is 10.3. The summed E-state index contributed by atoms with van der Waals surface area (Å²) in [4.78, 5) is 14.5. The second-order valence-corrected chi connectivity index (χ2v) is 4.59. The maximum atomic E-state index is 10.9. The van der Waals surface area contributed by atoms with Gasteiger partial charge in [0.15, 0.2) is 23.0 Å². The third kappa shape index (κ3) is 2.29. The Kier molecular flexibility index (Phi) is 2.83. The van der Waals surface area contributed by atoms with E-state index in [2.05, 4.69) is 30.7 Å². The summed E-state index contributed by atoms with van der Waals surface area (Å²) < 4.78 is 10.5. The van der Waals surface area contributed by atoms with Gasteiger partial charge in [-0.15, -0.1) is 5.10 Å². The quantitative estimate of drug-likeness (QED) is 0.486. The van der Waals surface area contributed by atoms with Crippen molar-refractivity contribution < 1.29 is 14.4 Å². The van der Waals surface area contributed by atoms with Crippen molar-refractivity contribution in [2.45, 2.75) is 0 Å². The third-order valence-electron chi connectivity index (χ3n) is 3.17. The van der Waals surface area contributed by atoms with Crippen molar-refractivity contribution in [3.05, 3.63) is 34.5 Å². The third-order valence-corrected chi connectivity index (χ3v) is 3.17. The van der Waals surface area contributed by atoms with E-state index >= 15 is 0 Å². The fourth-order valence-electron chi connectivity index (χ4n) is 2.13. The highest BCUT2D eigenvalue weighted by Crippen LogP contribution is 2.35. The molecule has 116 valence electrons. The van der Waals surface area contributed by atoms with Crippen LogP contribution in [0.25, 0.3) is 11.5 Å². The summed E-state index contributed by atoms with van der Waals surface area (Å²) in [6, 6.07) is 5.29. The molecule has 0 saturated carbocycles.